The van der Waals surface area contributed by atoms with Gasteiger partial charge in [-0.05, 0) is 45.4 Å². The molecule has 22 heavy (non-hydrogen) atoms. The van der Waals surface area contributed by atoms with Crippen molar-refractivity contribution < 1.29 is 19.1 Å². The summed E-state index contributed by atoms with van der Waals surface area (Å²) in [6.45, 7) is 7.40. The van der Waals surface area contributed by atoms with E-state index in [9.17, 15) is 9.59 Å². The standard InChI is InChI=1S/C16H22BrNO4/c1-6-10(2)22-13-8-7-11(9-12(13)14(19)21-5)18-15(20)16(3,4)17/h7-10H,6H2,1-5H3,(H,18,20)/t10-/m0/s1. The number of hydrogen-bond donors (Lipinski definition) is 1. The first-order valence-electron chi connectivity index (χ1n) is 7.08. The number of esters is 1. The highest BCUT2D eigenvalue weighted by atomic mass is 79.9. The third-order valence-electron chi connectivity index (χ3n) is 3.09. The molecule has 122 valence electrons. The monoisotopic (exact) mass is 371 g/mol. The van der Waals surface area contributed by atoms with E-state index in [1.807, 2.05) is 13.8 Å². The topological polar surface area (TPSA) is 64.6 Å². The molecule has 6 heteroatoms. The molecule has 0 heterocycles. The van der Waals surface area contributed by atoms with E-state index in [1.165, 1.54) is 7.11 Å². The molecular weight excluding hydrogens is 350 g/mol. The average molecular weight is 372 g/mol. The van der Waals surface area contributed by atoms with Gasteiger partial charge in [-0.15, -0.1) is 0 Å². The molecule has 1 aromatic carbocycles. The van der Waals surface area contributed by atoms with Crippen molar-refractivity contribution >= 4 is 33.5 Å². The second-order valence-corrected chi connectivity index (χ2v) is 7.45. The van der Waals surface area contributed by atoms with Crippen molar-refractivity contribution in [2.24, 2.45) is 0 Å². The van der Waals surface area contributed by atoms with E-state index in [2.05, 4.69) is 21.2 Å². The highest BCUT2D eigenvalue weighted by Crippen LogP contribution is 2.26. The molecule has 1 amide bonds. The molecule has 0 aliphatic rings. The Morgan fingerprint density at radius 3 is 2.50 bits per heavy atom. The Bertz CT molecular complexity index is 552. The SMILES string of the molecule is CC[C@H](C)Oc1ccc(NC(=O)C(C)(C)Br)cc1C(=O)OC. The van der Waals surface area contributed by atoms with Crippen LogP contribution in [0.5, 0.6) is 5.75 Å². The zero-order valence-electron chi connectivity index (χ0n) is 13.5. The highest BCUT2D eigenvalue weighted by Gasteiger charge is 2.24. The van der Waals surface area contributed by atoms with Gasteiger partial charge in [-0.1, -0.05) is 22.9 Å². The third-order valence-corrected chi connectivity index (χ3v) is 3.45. The number of methoxy groups -OCH3 is 1. The number of halogens is 1. The maximum Gasteiger partial charge on any atom is 0.341 e. The average Bonchev–Trinajstić information content (AvgIpc) is 2.46. The van der Waals surface area contributed by atoms with Crippen LogP contribution in [0.2, 0.25) is 0 Å². The first-order valence-corrected chi connectivity index (χ1v) is 7.87. The van der Waals surface area contributed by atoms with Crippen molar-refractivity contribution in [2.75, 3.05) is 12.4 Å². The summed E-state index contributed by atoms with van der Waals surface area (Å²) in [6, 6.07) is 4.91. The highest BCUT2D eigenvalue weighted by molar-refractivity contribution is 9.10. The van der Waals surface area contributed by atoms with E-state index >= 15 is 0 Å². The number of hydrogen-bond acceptors (Lipinski definition) is 4. The fraction of sp³-hybridized carbons (Fsp3) is 0.500. The minimum absolute atomic E-state index is 0.0228. The maximum atomic E-state index is 12.0. The molecule has 1 atom stereocenters. The van der Waals surface area contributed by atoms with Gasteiger partial charge in [-0.3, -0.25) is 4.79 Å². The number of alkyl halides is 1. The number of carbonyl (C=O) groups excluding carboxylic acids is 2. The molecule has 0 saturated carbocycles. The predicted molar refractivity (Wildman–Crippen MR) is 89.8 cm³/mol. The molecular formula is C16H22BrNO4. The van der Waals surface area contributed by atoms with Gasteiger partial charge >= 0.3 is 5.97 Å². The Balaban J connectivity index is 3.09. The van der Waals surface area contributed by atoms with Crippen LogP contribution in [0.1, 0.15) is 44.5 Å². The van der Waals surface area contributed by atoms with Crippen molar-refractivity contribution in [1.82, 2.24) is 0 Å². The van der Waals surface area contributed by atoms with Crippen LogP contribution in [0.25, 0.3) is 0 Å². The van der Waals surface area contributed by atoms with E-state index in [1.54, 1.807) is 32.0 Å². The number of carbonyl (C=O) groups is 2. The first kappa shape index (κ1) is 18.5. The number of nitrogens with one attached hydrogen (secondary N) is 1. The van der Waals surface area contributed by atoms with Gasteiger partial charge < -0.3 is 14.8 Å². The van der Waals surface area contributed by atoms with Gasteiger partial charge in [-0.2, -0.15) is 0 Å². The Labute approximate surface area is 139 Å². The molecule has 0 aliphatic carbocycles. The smallest absolute Gasteiger partial charge is 0.341 e. The summed E-state index contributed by atoms with van der Waals surface area (Å²) in [6.07, 6.45) is 0.793. The van der Waals surface area contributed by atoms with Crippen LogP contribution in [-0.4, -0.2) is 29.4 Å². The molecule has 0 bridgehead atoms. The predicted octanol–water partition coefficient (Wildman–Crippen LogP) is 3.76. The zero-order chi connectivity index (χ0) is 16.9. The number of ether oxygens (including phenoxy) is 2. The molecule has 0 saturated heterocycles. The van der Waals surface area contributed by atoms with Crippen molar-refractivity contribution in [1.29, 1.82) is 0 Å². The summed E-state index contributed by atoms with van der Waals surface area (Å²) >= 11 is 3.29. The van der Waals surface area contributed by atoms with Gasteiger partial charge in [0.05, 0.1) is 17.5 Å². The third kappa shape index (κ3) is 5.02. The number of amides is 1. The lowest BCUT2D eigenvalue weighted by Crippen LogP contribution is -2.31. The van der Waals surface area contributed by atoms with Crippen LogP contribution >= 0.6 is 15.9 Å². The lowest BCUT2D eigenvalue weighted by atomic mass is 10.1. The van der Waals surface area contributed by atoms with E-state index in [0.717, 1.165) is 6.42 Å². The molecule has 0 spiro atoms. The molecule has 0 unspecified atom stereocenters. The first-order chi connectivity index (χ1) is 10.2. The van der Waals surface area contributed by atoms with E-state index in [4.69, 9.17) is 9.47 Å². The van der Waals surface area contributed by atoms with Gasteiger partial charge in [0, 0.05) is 5.69 Å². The maximum absolute atomic E-state index is 12.0. The summed E-state index contributed by atoms with van der Waals surface area (Å²) < 4.78 is 9.80. The van der Waals surface area contributed by atoms with E-state index in [0.29, 0.717) is 11.4 Å². The van der Waals surface area contributed by atoms with Crippen LogP contribution in [-0.2, 0) is 9.53 Å². The summed E-state index contributed by atoms with van der Waals surface area (Å²) in [5.74, 6) is -0.274. The summed E-state index contributed by atoms with van der Waals surface area (Å²) in [7, 11) is 1.31. The van der Waals surface area contributed by atoms with Gasteiger partial charge in [0.15, 0.2) is 0 Å². The van der Waals surface area contributed by atoms with Crippen LogP contribution in [0.15, 0.2) is 18.2 Å². The van der Waals surface area contributed by atoms with Crippen LogP contribution < -0.4 is 10.1 Å². The fourth-order valence-electron chi connectivity index (χ4n) is 1.56. The minimum Gasteiger partial charge on any atom is -0.490 e. The van der Waals surface area contributed by atoms with Gasteiger partial charge in [0.2, 0.25) is 5.91 Å². The molecule has 1 rings (SSSR count). The summed E-state index contributed by atoms with van der Waals surface area (Å²) in [5.41, 5.74) is 0.794. The van der Waals surface area contributed by atoms with E-state index in [-0.39, 0.29) is 17.6 Å². The van der Waals surface area contributed by atoms with E-state index < -0.39 is 10.3 Å². The second-order valence-electron chi connectivity index (χ2n) is 5.47. The molecule has 0 aromatic heterocycles. The van der Waals surface area contributed by atoms with Crippen LogP contribution in [0, 0.1) is 0 Å². The molecule has 1 aromatic rings. The molecule has 0 fully saturated rings. The Hall–Kier alpha value is -1.56. The molecule has 0 radical (unpaired) electrons. The Morgan fingerprint density at radius 2 is 2.00 bits per heavy atom. The van der Waals surface area contributed by atoms with Crippen molar-refractivity contribution in [3.05, 3.63) is 23.8 Å². The number of rotatable bonds is 6. The molecule has 5 nitrogen and oxygen atoms in total. The Kier molecular flexibility index (Phi) is 6.41. The number of anilines is 1. The van der Waals surface area contributed by atoms with Gasteiger partial charge in [0.25, 0.3) is 0 Å². The minimum atomic E-state index is -0.704. The summed E-state index contributed by atoms with van der Waals surface area (Å²) in [5, 5.41) is 2.75. The quantitative estimate of drug-likeness (QED) is 0.610. The van der Waals surface area contributed by atoms with Crippen LogP contribution in [0.3, 0.4) is 0 Å². The molecule has 1 N–H and O–H groups in total. The number of benzene rings is 1. The fourth-order valence-corrected chi connectivity index (χ4v) is 1.66. The van der Waals surface area contributed by atoms with Crippen molar-refractivity contribution in [3.63, 3.8) is 0 Å². The summed E-state index contributed by atoms with van der Waals surface area (Å²) in [4.78, 5) is 23.9. The van der Waals surface area contributed by atoms with Gasteiger partial charge in [0.1, 0.15) is 11.3 Å². The Morgan fingerprint density at radius 1 is 1.36 bits per heavy atom. The van der Waals surface area contributed by atoms with Gasteiger partial charge in [-0.25, -0.2) is 4.79 Å². The lowest BCUT2D eigenvalue weighted by Gasteiger charge is -2.18. The van der Waals surface area contributed by atoms with Crippen molar-refractivity contribution in [3.8, 4) is 5.75 Å². The van der Waals surface area contributed by atoms with Crippen LogP contribution in [0.4, 0.5) is 5.69 Å². The zero-order valence-corrected chi connectivity index (χ0v) is 15.1. The second kappa shape index (κ2) is 7.63. The largest absolute Gasteiger partial charge is 0.490 e. The normalized spacial score (nSPS) is 12.5. The lowest BCUT2D eigenvalue weighted by molar-refractivity contribution is -0.117. The van der Waals surface area contributed by atoms with Crippen molar-refractivity contribution in [2.45, 2.75) is 44.5 Å². The molecule has 0 aliphatic heterocycles.